The molecule has 8 nitrogen and oxygen atoms in total. The third-order valence-electron chi connectivity index (χ3n) is 9.66. The van der Waals surface area contributed by atoms with Gasteiger partial charge in [-0.15, -0.1) is 0 Å². The molecular formula is C38H51NO7Si. The van der Waals surface area contributed by atoms with Crippen LogP contribution in [0.1, 0.15) is 69.6 Å². The maximum Gasteiger partial charge on any atom is 0.303 e. The number of carbonyl (C=O) groups is 2. The van der Waals surface area contributed by atoms with E-state index in [1.165, 1.54) is 0 Å². The Morgan fingerprint density at radius 1 is 0.809 bits per heavy atom. The molecule has 0 saturated carbocycles. The number of ether oxygens (including phenoxy) is 3. The normalized spacial score (nSPS) is 17.0. The molecule has 4 rings (SSSR count). The molecular weight excluding hydrogens is 611 g/mol. The second kappa shape index (κ2) is 15.5. The van der Waals surface area contributed by atoms with Gasteiger partial charge in [0.25, 0.3) is 0 Å². The number of carbonyl (C=O) groups excluding carboxylic acids is 1. The van der Waals surface area contributed by atoms with Crippen LogP contribution in [0.25, 0.3) is 0 Å². The van der Waals surface area contributed by atoms with Crippen LogP contribution in [-0.2, 0) is 24.4 Å². The van der Waals surface area contributed by atoms with Crippen LogP contribution in [0, 0.1) is 0 Å². The number of hydrogen-bond donors (Lipinski definition) is 1. The van der Waals surface area contributed by atoms with Gasteiger partial charge in [0.2, 0.25) is 5.91 Å². The van der Waals surface area contributed by atoms with E-state index in [1.807, 2.05) is 71.6 Å². The van der Waals surface area contributed by atoms with Gasteiger partial charge >= 0.3 is 5.97 Å². The summed E-state index contributed by atoms with van der Waals surface area (Å²) in [6, 6.07) is 25.8. The molecule has 3 aromatic rings. The first kappa shape index (κ1) is 36.2. The second-order valence-corrected chi connectivity index (χ2v) is 18.6. The fourth-order valence-corrected chi connectivity index (χ4v) is 7.37. The molecule has 1 aliphatic heterocycles. The highest BCUT2D eigenvalue weighted by Crippen LogP contribution is 2.43. The summed E-state index contributed by atoms with van der Waals surface area (Å²) in [6.07, 6.45) is 1.88. The van der Waals surface area contributed by atoms with Crippen molar-refractivity contribution in [2.45, 2.75) is 88.8 Å². The molecule has 0 radical (unpaired) electrons. The van der Waals surface area contributed by atoms with Crippen molar-refractivity contribution in [1.29, 1.82) is 0 Å². The van der Waals surface area contributed by atoms with E-state index < -0.39 is 19.9 Å². The number of unbranched alkanes of at least 4 members (excludes halogenated alkanes) is 1. The van der Waals surface area contributed by atoms with E-state index in [1.54, 1.807) is 14.2 Å². The van der Waals surface area contributed by atoms with Gasteiger partial charge in [-0.1, -0.05) is 75.4 Å². The van der Waals surface area contributed by atoms with Crippen molar-refractivity contribution in [2.24, 2.45) is 0 Å². The number of aliphatic carboxylic acids is 1. The molecule has 1 amide bonds. The number of carboxylic acid groups (broad SMARTS) is 1. The smallest absolute Gasteiger partial charge is 0.303 e. The summed E-state index contributed by atoms with van der Waals surface area (Å²) in [7, 11) is 1.18. The SMILES string of the molecule is COc1ccc(C(OC[C@@H]2C[C@@H](O[Si](C)(C)C(C)(C)C)CN2C(=O)CCCCC(=O)O)(c2ccccc2)c2ccc(OC)cc2)cc1. The van der Waals surface area contributed by atoms with Crippen molar-refractivity contribution in [2.75, 3.05) is 27.4 Å². The molecule has 1 saturated heterocycles. The first-order valence-electron chi connectivity index (χ1n) is 16.5. The maximum absolute atomic E-state index is 13.7. The van der Waals surface area contributed by atoms with E-state index in [4.69, 9.17) is 23.7 Å². The summed E-state index contributed by atoms with van der Waals surface area (Å²) in [5, 5.41) is 9.12. The summed E-state index contributed by atoms with van der Waals surface area (Å²) in [5.41, 5.74) is 1.80. The lowest BCUT2D eigenvalue weighted by molar-refractivity contribution is -0.138. The van der Waals surface area contributed by atoms with Gasteiger partial charge in [0, 0.05) is 19.4 Å². The number of rotatable bonds is 15. The molecule has 1 aliphatic rings. The fourth-order valence-electron chi connectivity index (χ4n) is 6.01. The molecule has 0 unspecified atom stereocenters. The molecule has 254 valence electrons. The van der Waals surface area contributed by atoms with Crippen LogP contribution in [0.2, 0.25) is 18.1 Å². The average Bonchev–Trinajstić information content (AvgIpc) is 3.45. The molecule has 0 bridgehead atoms. The zero-order valence-electron chi connectivity index (χ0n) is 29.0. The summed E-state index contributed by atoms with van der Waals surface area (Å²) in [6.45, 7) is 11.9. The number of benzene rings is 3. The minimum Gasteiger partial charge on any atom is -0.497 e. The van der Waals surface area contributed by atoms with Crippen molar-refractivity contribution >= 4 is 20.2 Å². The average molecular weight is 662 g/mol. The minimum absolute atomic E-state index is 0.00419. The highest BCUT2D eigenvalue weighted by atomic mass is 28.4. The van der Waals surface area contributed by atoms with Crippen molar-refractivity contribution in [3.05, 3.63) is 95.6 Å². The van der Waals surface area contributed by atoms with Crippen LogP contribution in [0.3, 0.4) is 0 Å². The molecule has 1 fully saturated rings. The van der Waals surface area contributed by atoms with E-state index in [9.17, 15) is 9.59 Å². The Balaban J connectivity index is 1.73. The van der Waals surface area contributed by atoms with Crippen molar-refractivity contribution in [1.82, 2.24) is 4.90 Å². The topological polar surface area (TPSA) is 94.5 Å². The van der Waals surface area contributed by atoms with Crippen molar-refractivity contribution < 1.29 is 33.3 Å². The third kappa shape index (κ3) is 8.63. The van der Waals surface area contributed by atoms with Gasteiger partial charge in [-0.3, -0.25) is 9.59 Å². The molecule has 9 heteroatoms. The summed E-state index contributed by atoms with van der Waals surface area (Å²) in [5.74, 6) is 0.643. The van der Waals surface area contributed by atoms with Gasteiger partial charge in [0.05, 0.1) is 33.0 Å². The Labute approximate surface area is 281 Å². The maximum atomic E-state index is 13.7. The Bertz CT molecular complexity index is 1400. The van der Waals surface area contributed by atoms with Gasteiger partial charge < -0.3 is 28.6 Å². The molecule has 1 N–H and O–H groups in total. The lowest BCUT2D eigenvalue weighted by Gasteiger charge is -2.38. The molecule has 1 heterocycles. The zero-order valence-corrected chi connectivity index (χ0v) is 30.0. The number of hydrogen-bond acceptors (Lipinski definition) is 6. The highest BCUT2D eigenvalue weighted by molar-refractivity contribution is 6.74. The quantitative estimate of drug-likeness (QED) is 0.102. The van der Waals surface area contributed by atoms with Crippen LogP contribution >= 0.6 is 0 Å². The molecule has 3 aromatic carbocycles. The van der Waals surface area contributed by atoms with Gasteiger partial charge in [0.15, 0.2) is 8.32 Å². The highest BCUT2D eigenvalue weighted by Gasteiger charge is 2.45. The number of amides is 1. The lowest BCUT2D eigenvalue weighted by Crippen LogP contribution is -2.45. The van der Waals surface area contributed by atoms with E-state index in [2.05, 4.69) is 46.0 Å². The first-order chi connectivity index (χ1) is 22.3. The molecule has 47 heavy (non-hydrogen) atoms. The molecule has 2 atom stereocenters. The van der Waals surface area contributed by atoms with Crippen LogP contribution in [0.5, 0.6) is 11.5 Å². The van der Waals surface area contributed by atoms with Gasteiger partial charge in [-0.25, -0.2) is 0 Å². The summed E-state index contributed by atoms with van der Waals surface area (Å²) < 4.78 is 25.0. The minimum atomic E-state index is -2.11. The van der Waals surface area contributed by atoms with Crippen LogP contribution < -0.4 is 9.47 Å². The predicted molar refractivity (Wildman–Crippen MR) is 187 cm³/mol. The summed E-state index contributed by atoms with van der Waals surface area (Å²) in [4.78, 5) is 26.7. The number of likely N-dealkylation sites (tertiary alicyclic amines) is 1. The van der Waals surface area contributed by atoms with Crippen LogP contribution in [0.4, 0.5) is 0 Å². The number of carboxylic acids is 1. The monoisotopic (exact) mass is 661 g/mol. The number of nitrogens with zero attached hydrogens (tertiary/aromatic N) is 1. The zero-order chi connectivity index (χ0) is 34.2. The van der Waals surface area contributed by atoms with E-state index >= 15 is 0 Å². The van der Waals surface area contributed by atoms with Gasteiger partial charge in [-0.05, 0) is 78.4 Å². The summed E-state index contributed by atoms with van der Waals surface area (Å²) >= 11 is 0. The first-order valence-corrected chi connectivity index (χ1v) is 19.4. The third-order valence-corrected chi connectivity index (χ3v) is 14.2. The lowest BCUT2D eigenvalue weighted by atomic mass is 9.80. The molecule has 0 spiro atoms. The van der Waals surface area contributed by atoms with Crippen molar-refractivity contribution in [3.63, 3.8) is 0 Å². The van der Waals surface area contributed by atoms with Crippen LogP contribution in [-0.4, -0.2) is 69.7 Å². The Morgan fingerprint density at radius 3 is 1.81 bits per heavy atom. The Morgan fingerprint density at radius 2 is 1.32 bits per heavy atom. The van der Waals surface area contributed by atoms with Gasteiger partial charge in [0.1, 0.15) is 17.1 Å². The standard InChI is InChI=1S/C38H51NO7Si/c1-37(2,3)47(6,7)46-34-25-31(39(26-34)35(40)15-11-12-16-36(41)42)27-45-38(28-13-9-8-10-14-28,29-17-21-32(43-4)22-18-29)30-19-23-33(44-5)24-20-30/h8-10,13-14,17-24,31,34H,11-12,15-16,25-27H2,1-7H3,(H,41,42)/t31-,34+/m0/s1. The Hall–Kier alpha value is -3.66. The van der Waals surface area contributed by atoms with Crippen LogP contribution in [0.15, 0.2) is 78.9 Å². The van der Waals surface area contributed by atoms with Crippen molar-refractivity contribution in [3.8, 4) is 11.5 Å². The van der Waals surface area contributed by atoms with E-state index in [0.717, 1.165) is 28.2 Å². The molecule has 0 aliphatic carbocycles. The predicted octanol–water partition coefficient (Wildman–Crippen LogP) is 7.65. The second-order valence-electron chi connectivity index (χ2n) is 13.9. The largest absolute Gasteiger partial charge is 0.497 e. The van der Waals surface area contributed by atoms with E-state index in [-0.39, 0.29) is 42.5 Å². The Kier molecular flexibility index (Phi) is 11.9. The number of methoxy groups -OCH3 is 2. The van der Waals surface area contributed by atoms with Gasteiger partial charge in [-0.2, -0.15) is 0 Å². The van der Waals surface area contributed by atoms with E-state index in [0.29, 0.717) is 25.8 Å². The molecule has 0 aromatic heterocycles. The fraction of sp³-hybridized carbons (Fsp3) is 0.474.